The van der Waals surface area contributed by atoms with Crippen LogP contribution in [0.1, 0.15) is 23.6 Å². The van der Waals surface area contributed by atoms with Crippen molar-refractivity contribution in [3.05, 3.63) is 101 Å². The number of allylic oxidation sites excluding steroid dienone is 1. The lowest BCUT2D eigenvalue weighted by atomic mass is 9.85. The van der Waals surface area contributed by atoms with Gasteiger partial charge in [-0.3, -0.25) is 0 Å². The Hall–Kier alpha value is -3.48. The van der Waals surface area contributed by atoms with Crippen molar-refractivity contribution in [2.45, 2.75) is 12.6 Å². The van der Waals surface area contributed by atoms with E-state index in [-0.39, 0.29) is 0 Å². The maximum absolute atomic E-state index is 6.60. The zero-order valence-electron chi connectivity index (χ0n) is 16.9. The van der Waals surface area contributed by atoms with Crippen LogP contribution < -0.4 is 14.8 Å². The Bertz CT molecular complexity index is 1100. The maximum Gasteiger partial charge on any atom is 0.290 e. The van der Waals surface area contributed by atoms with Gasteiger partial charge in [0.2, 0.25) is 0 Å². The molecule has 1 aliphatic rings. The lowest BCUT2D eigenvalue weighted by Gasteiger charge is -2.36. The Labute approximate surface area is 172 Å². The molecule has 4 rings (SSSR count). The van der Waals surface area contributed by atoms with Crippen molar-refractivity contribution < 1.29 is 14.8 Å². The summed E-state index contributed by atoms with van der Waals surface area (Å²) in [6.45, 7) is 2.11. The fraction of sp³-hybridized carbons (Fsp3) is 0.154. The number of rotatable bonds is 3. The summed E-state index contributed by atoms with van der Waals surface area (Å²) in [6, 6.07) is 26.2. The Kier molecular flexibility index (Phi) is 5.12. The molecule has 3 aromatic carbocycles. The molecule has 0 fully saturated rings. The average molecular weight is 382 g/mol. The topological polar surface area (TPSA) is 35.1 Å². The lowest BCUT2D eigenvalue weighted by Crippen LogP contribution is -2.94. The van der Waals surface area contributed by atoms with Crippen molar-refractivity contribution in [2.24, 2.45) is 0 Å². The van der Waals surface area contributed by atoms with E-state index in [4.69, 9.17) is 9.47 Å². The first kappa shape index (κ1) is 18.9. The quantitative estimate of drug-likeness (QED) is 0.696. The number of para-hydroxylation sites is 1. The van der Waals surface area contributed by atoms with Crippen LogP contribution in [0.25, 0.3) is 5.57 Å². The van der Waals surface area contributed by atoms with Gasteiger partial charge in [-0.1, -0.05) is 42.2 Å². The van der Waals surface area contributed by atoms with Crippen LogP contribution in [0, 0.1) is 11.8 Å². The van der Waals surface area contributed by atoms with Crippen LogP contribution in [0.4, 0.5) is 0 Å². The highest BCUT2D eigenvalue weighted by Crippen LogP contribution is 2.42. The van der Waals surface area contributed by atoms with Gasteiger partial charge >= 0.3 is 0 Å². The van der Waals surface area contributed by atoms with Crippen LogP contribution in [0.15, 0.2) is 84.4 Å². The highest BCUT2D eigenvalue weighted by Gasteiger charge is 2.45. The van der Waals surface area contributed by atoms with Gasteiger partial charge in [-0.2, -0.15) is 0 Å². The minimum Gasteiger partial charge on any atom is -0.497 e. The van der Waals surface area contributed by atoms with Crippen molar-refractivity contribution in [1.82, 2.24) is 0 Å². The molecule has 0 saturated heterocycles. The highest BCUT2D eigenvalue weighted by atomic mass is 16.5. The third kappa shape index (κ3) is 3.40. The molecule has 1 heterocycles. The molecule has 2 N–H and O–H groups in total. The van der Waals surface area contributed by atoms with E-state index in [1.807, 2.05) is 67.7 Å². The van der Waals surface area contributed by atoms with Crippen molar-refractivity contribution in [1.29, 1.82) is 0 Å². The first-order valence-electron chi connectivity index (χ1n) is 9.70. The van der Waals surface area contributed by atoms with Crippen molar-refractivity contribution >= 4 is 5.57 Å². The Balaban J connectivity index is 1.90. The molecular weight excluding hydrogens is 358 g/mol. The molecule has 1 aliphatic heterocycles. The summed E-state index contributed by atoms with van der Waals surface area (Å²) in [5.41, 5.74) is 4.47. The summed E-state index contributed by atoms with van der Waals surface area (Å²) in [4.78, 5) is 0. The molecule has 3 nitrogen and oxygen atoms in total. The Morgan fingerprint density at radius 1 is 0.862 bits per heavy atom. The summed E-state index contributed by atoms with van der Waals surface area (Å²) in [5.74, 6) is 8.41. The van der Waals surface area contributed by atoms with Gasteiger partial charge in [-0.15, -0.1) is 0 Å². The zero-order valence-corrected chi connectivity index (χ0v) is 16.9. The maximum atomic E-state index is 6.60. The number of hydrogen-bond acceptors (Lipinski definition) is 2. The summed E-state index contributed by atoms with van der Waals surface area (Å²) >= 11 is 0. The van der Waals surface area contributed by atoms with Crippen LogP contribution in [0.3, 0.4) is 0 Å². The number of likely N-dealkylation sites (N-methyl/N-ethyl adjacent to an activating group) is 1. The van der Waals surface area contributed by atoms with E-state index in [0.717, 1.165) is 39.3 Å². The zero-order chi connectivity index (χ0) is 20.3. The normalized spacial score (nSPS) is 17.6. The molecule has 3 heteroatoms. The Morgan fingerprint density at radius 3 is 2.24 bits per heavy atom. The standard InChI is InChI=1S/C26H23NO2/c1-19-23(18-13-20-9-5-4-6-10-20)24-11-7-8-12-25(24)29-26(19,27-2)21-14-16-22(28-3)17-15-21/h4-12,14-17,27H,1-3H3/p+1/t26-/m1/s1. The molecule has 0 aromatic heterocycles. The third-order valence-corrected chi connectivity index (χ3v) is 5.39. The van der Waals surface area contributed by atoms with E-state index in [2.05, 4.69) is 42.3 Å². The van der Waals surface area contributed by atoms with E-state index in [1.165, 1.54) is 0 Å². The van der Waals surface area contributed by atoms with Crippen LogP contribution >= 0.6 is 0 Å². The number of nitrogens with two attached hydrogens (primary N) is 1. The van der Waals surface area contributed by atoms with Gasteiger partial charge in [-0.25, -0.2) is 0 Å². The van der Waals surface area contributed by atoms with Gasteiger partial charge in [-0.05, 0) is 55.5 Å². The molecule has 29 heavy (non-hydrogen) atoms. The van der Waals surface area contributed by atoms with Gasteiger partial charge in [0.25, 0.3) is 5.72 Å². The SMILES string of the molecule is C[NH2+][C@@]1(c2ccc(OC)cc2)Oc2ccccc2C(C#Cc2ccccc2)=C1C. The smallest absolute Gasteiger partial charge is 0.290 e. The molecule has 0 bridgehead atoms. The number of methoxy groups -OCH3 is 1. The van der Waals surface area contributed by atoms with Crippen molar-refractivity contribution in [3.8, 4) is 23.3 Å². The van der Waals surface area contributed by atoms with Crippen LogP contribution in [-0.4, -0.2) is 14.2 Å². The molecule has 0 aliphatic carbocycles. The first-order valence-corrected chi connectivity index (χ1v) is 9.70. The molecule has 0 spiro atoms. The fourth-order valence-corrected chi connectivity index (χ4v) is 3.77. The van der Waals surface area contributed by atoms with Gasteiger partial charge in [0, 0.05) is 16.7 Å². The molecule has 3 aromatic rings. The Morgan fingerprint density at radius 2 is 1.55 bits per heavy atom. The molecule has 0 radical (unpaired) electrons. The number of hydrogen-bond donors (Lipinski definition) is 1. The average Bonchev–Trinajstić information content (AvgIpc) is 2.79. The predicted molar refractivity (Wildman–Crippen MR) is 116 cm³/mol. The lowest BCUT2D eigenvalue weighted by molar-refractivity contribution is -0.739. The van der Waals surface area contributed by atoms with E-state index in [1.54, 1.807) is 7.11 Å². The molecule has 144 valence electrons. The first-order chi connectivity index (χ1) is 14.2. The minimum atomic E-state index is -0.679. The molecule has 0 saturated carbocycles. The number of fused-ring (bicyclic) bond motifs is 1. The van der Waals surface area contributed by atoms with Crippen LogP contribution in [-0.2, 0) is 5.72 Å². The van der Waals surface area contributed by atoms with Gasteiger partial charge in [0.05, 0.1) is 25.3 Å². The summed E-state index contributed by atoms with van der Waals surface area (Å²) in [5, 5.41) is 2.10. The van der Waals surface area contributed by atoms with Gasteiger partial charge in [0.15, 0.2) is 0 Å². The van der Waals surface area contributed by atoms with E-state index < -0.39 is 5.72 Å². The number of ether oxygens (including phenoxy) is 2. The van der Waals surface area contributed by atoms with Crippen molar-refractivity contribution in [2.75, 3.05) is 14.2 Å². The second kappa shape index (κ2) is 7.87. The molecule has 0 amide bonds. The predicted octanol–water partition coefficient (Wildman–Crippen LogP) is 3.96. The van der Waals surface area contributed by atoms with E-state index >= 15 is 0 Å². The second-order valence-corrected chi connectivity index (χ2v) is 6.97. The monoisotopic (exact) mass is 382 g/mol. The van der Waals surface area contributed by atoms with Crippen molar-refractivity contribution in [3.63, 3.8) is 0 Å². The van der Waals surface area contributed by atoms with Crippen LogP contribution in [0.5, 0.6) is 11.5 Å². The molecule has 0 unspecified atom stereocenters. The van der Waals surface area contributed by atoms with Gasteiger partial charge in [0.1, 0.15) is 11.5 Å². The summed E-state index contributed by atoms with van der Waals surface area (Å²) in [6.07, 6.45) is 0. The second-order valence-electron chi connectivity index (χ2n) is 6.97. The van der Waals surface area contributed by atoms with Crippen LogP contribution in [0.2, 0.25) is 0 Å². The number of benzene rings is 3. The molecular formula is C26H24NO2+. The third-order valence-electron chi connectivity index (χ3n) is 5.39. The highest BCUT2D eigenvalue weighted by molar-refractivity contribution is 5.87. The minimum absolute atomic E-state index is 0.679. The molecule has 1 atom stereocenters. The largest absolute Gasteiger partial charge is 0.497 e. The van der Waals surface area contributed by atoms with E-state index in [9.17, 15) is 0 Å². The summed E-state index contributed by atoms with van der Waals surface area (Å²) in [7, 11) is 3.70. The summed E-state index contributed by atoms with van der Waals surface area (Å²) < 4.78 is 11.9. The fourth-order valence-electron chi connectivity index (χ4n) is 3.77. The van der Waals surface area contributed by atoms with E-state index in [0.29, 0.717) is 0 Å². The van der Waals surface area contributed by atoms with Gasteiger partial charge < -0.3 is 14.8 Å². The number of quaternary nitrogens is 1.